The number of benzene rings is 3. The Kier molecular flexibility index (Phi) is 6.06. The van der Waals surface area contributed by atoms with E-state index in [1.165, 1.54) is 11.0 Å². The van der Waals surface area contributed by atoms with E-state index in [0.717, 1.165) is 11.1 Å². The number of nitrogens with zero attached hydrogens (tertiary/aromatic N) is 2. The van der Waals surface area contributed by atoms with Crippen molar-refractivity contribution in [1.82, 2.24) is 0 Å². The minimum atomic E-state index is -0.453. The maximum atomic E-state index is 14.5. The van der Waals surface area contributed by atoms with E-state index in [0.29, 0.717) is 27.7 Å². The van der Waals surface area contributed by atoms with Crippen molar-refractivity contribution in [2.75, 3.05) is 23.3 Å². The average Bonchev–Trinajstić information content (AvgIpc) is 2.88. The second-order valence-electron chi connectivity index (χ2n) is 7.63. The van der Waals surface area contributed by atoms with E-state index in [9.17, 15) is 14.0 Å². The fourth-order valence-corrected chi connectivity index (χ4v) is 3.78. The van der Waals surface area contributed by atoms with Crippen LogP contribution in [0.15, 0.2) is 65.7 Å². The number of rotatable bonds is 4. The predicted octanol–water partition coefficient (Wildman–Crippen LogP) is 4.92. The van der Waals surface area contributed by atoms with Crippen LogP contribution in [0, 0.1) is 19.7 Å². The van der Waals surface area contributed by atoms with Gasteiger partial charge >= 0.3 is 0 Å². The summed E-state index contributed by atoms with van der Waals surface area (Å²) in [5.41, 5.74) is 4.36. The molecule has 1 N–H and O–H groups in total. The van der Waals surface area contributed by atoms with Crippen LogP contribution in [-0.2, 0) is 9.59 Å². The maximum Gasteiger partial charge on any atom is 0.249 e. The number of aryl methyl sites for hydroxylation is 2. The number of nitrogens with one attached hydrogen (secondary N) is 1. The van der Waals surface area contributed by atoms with Crippen LogP contribution in [0.2, 0.25) is 5.02 Å². The van der Waals surface area contributed by atoms with E-state index >= 15 is 0 Å². The van der Waals surface area contributed by atoms with Crippen LogP contribution in [0.4, 0.5) is 15.8 Å². The third-order valence-corrected chi connectivity index (χ3v) is 5.63. The second-order valence-corrected chi connectivity index (χ2v) is 8.07. The fourth-order valence-electron chi connectivity index (χ4n) is 3.61. The normalized spacial score (nSPS) is 13.3. The van der Waals surface area contributed by atoms with Gasteiger partial charge in [-0.25, -0.2) is 4.39 Å². The molecule has 3 aromatic carbocycles. The maximum absolute atomic E-state index is 14.5. The topological polar surface area (TPSA) is 61.8 Å². The van der Waals surface area contributed by atoms with Gasteiger partial charge in [-0.2, -0.15) is 0 Å². The summed E-state index contributed by atoms with van der Waals surface area (Å²) in [6.45, 7) is 3.53. The number of aliphatic imine (C=N–C) groups is 1. The lowest BCUT2D eigenvalue weighted by molar-refractivity contribution is -0.120. The molecule has 0 saturated carbocycles. The number of amides is 2. The number of benzodiazepines with no additional fused rings is 1. The van der Waals surface area contributed by atoms with Gasteiger partial charge in [-0.05, 0) is 67.4 Å². The number of fused-ring (bicyclic) bond motifs is 1. The van der Waals surface area contributed by atoms with Crippen LogP contribution < -0.4 is 10.2 Å². The van der Waals surface area contributed by atoms with Gasteiger partial charge in [0.05, 0.1) is 11.4 Å². The summed E-state index contributed by atoms with van der Waals surface area (Å²) in [6.07, 6.45) is 0. The molecule has 4 rings (SSSR count). The van der Waals surface area contributed by atoms with Gasteiger partial charge < -0.3 is 10.2 Å². The molecule has 1 aliphatic heterocycles. The van der Waals surface area contributed by atoms with Gasteiger partial charge in [0, 0.05) is 21.8 Å². The summed E-state index contributed by atoms with van der Waals surface area (Å²) in [5.74, 6) is -1.17. The van der Waals surface area contributed by atoms with Gasteiger partial charge in [-0.15, -0.1) is 0 Å². The molecule has 0 aliphatic carbocycles. The molecular weight excluding hydrogens is 429 g/mol. The molecule has 0 aromatic heterocycles. The summed E-state index contributed by atoms with van der Waals surface area (Å²) in [5, 5.41) is 3.25. The first kappa shape index (κ1) is 21.7. The van der Waals surface area contributed by atoms with Gasteiger partial charge in [-0.3, -0.25) is 14.6 Å². The SMILES string of the molecule is Cc1ccc(NC(=O)CN2C(=O)CN=C(c3ccccc3F)c3cc(Cl)ccc32)cc1C. The first-order valence-electron chi connectivity index (χ1n) is 10.1. The van der Waals surface area contributed by atoms with Crippen molar-refractivity contribution in [3.63, 3.8) is 0 Å². The Bertz CT molecular complexity index is 1260. The van der Waals surface area contributed by atoms with Gasteiger partial charge in [0.2, 0.25) is 11.8 Å². The molecule has 162 valence electrons. The summed E-state index contributed by atoms with van der Waals surface area (Å²) >= 11 is 6.22. The Morgan fingerprint density at radius 1 is 1.06 bits per heavy atom. The predicted molar refractivity (Wildman–Crippen MR) is 125 cm³/mol. The third-order valence-electron chi connectivity index (χ3n) is 5.40. The fraction of sp³-hybridized carbons (Fsp3) is 0.160. The molecule has 0 spiro atoms. The lowest BCUT2D eigenvalue weighted by Crippen LogP contribution is -2.39. The molecule has 0 atom stereocenters. The highest BCUT2D eigenvalue weighted by atomic mass is 35.5. The van der Waals surface area contributed by atoms with Crippen LogP contribution in [-0.4, -0.2) is 30.6 Å². The molecule has 2 amide bonds. The molecule has 0 bridgehead atoms. The van der Waals surface area contributed by atoms with Crippen molar-refractivity contribution >= 4 is 40.5 Å². The number of halogens is 2. The van der Waals surface area contributed by atoms with Crippen molar-refractivity contribution in [3.8, 4) is 0 Å². The van der Waals surface area contributed by atoms with Crippen molar-refractivity contribution in [1.29, 1.82) is 0 Å². The summed E-state index contributed by atoms with van der Waals surface area (Å²) in [7, 11) is 0. The monoisotopic (exact) mass is 449 g/mol. The van der Waals surface area contributed by atoms with Crippen LogP contribution in [0.3, 0.4) is 0 Å². The Labute approximate surface area is 190 Å². The zero-order valence-electron chi connectivity index (χ0n) is 17.7. The molecule has 0 radical (unpaired) electrons. The molecule has 7 heteroatoms. The smallest absolute Gasteiger partial charge is 0.249 e. The molecule has 1 aliphatic rings. The van der Waals surface area contributed by atoms with E-state index in [2.05, 4.69) is 10.3 Å². The Morgan fingerprint density at radius 3 is 2.59 bits per heavy atom. The number of hydrogen-bond donors (Lipinski definition) is 1. The average molecular weight is 450 g/mol. The Hall–Kier alpha value is -3.51. The van der Waals surface area contributed by atoms with Crippen LogP contribution >= 0.6 is 11.6 Å². The highest BCUT2D eigenvalue weighted by Gasteiger charge is 2.28. The van der Waals surface area contributed by atoms with Crippen molar-refractivity contribution < 1.29 is 14.0 Å². The summed E-state index contributed by atoms with van der Waals surface area (Å²) in [6, 6.07) is 16.8. The van der Waals surface area contributed by atoms with Gasteiger partial charge in [-0.1, -0.05) is 29.8 Å². The number of hydrogen-bond acceptors (Lipinski definition) is 3. The van der Waals surface area contributed by atoms with E-state index in [-0.39, 0.29) is 30.5 Å². The number of carbonyl (C=O) groups excluding carboxylic acids is 2. The minimum absolute atomic E-state index is 0.208. The highest BCUT2D eigenvalue weighted by molar-refractivity contribution is 6.32. The lowest BCUT2D eigenvalue weighted by atomic mass is 9.99. The number of anilines is 2. The first-order chi connectivity index (χ1) is 15.3. The van der Waals surface area contributed by atoms with Crippen molar-refractivity contribution in [3.05, 3.63) is 93.8 Å². The molecule has 0 saturated heterocycles. The standard InChI is InChI=1S/C25H21ClFN3O2/c1-15-7-9-18(11-16(15)2)29-23(31)14-30-22-10-8-17(26)12-20(22)25(28-13-24(30)32)19-5-3-4-6-21(19)27/h3-12H,13-14H2,1-2H3,(H,29,31). The van der Waals surface area contributed by atoms with E-state index < -0.39 is 5.82 Å². The van der Waals surface area contributed by atoms with E-state index in [1.54, 1.807) is 36.4 Å². The Balaban J connectivity index is 1.68. The first-order valence-corrected chi connectivity index (χ1v) is 10.5. The number of carbonyl (C=O) groups is 2. The summed E-state index contributed by atoms with van der Waals surface area (Å²) < 4.78 is 14.5. The molecule has 0 unspecified atom stereocenters. The third kappa shape index (κ3) is 4.41. The Morgan fingerprint density at radius 2 is 1.84 bits per heavy atom. The van der Waals surface area contributed by atoms with Crippen molar-refractivity contribution in [2.24, 2.45) is 4.99 Å². The molecule has 32 heavy (non-hydrogen) atoms. The lowest BCUT2D eigenvalue weighted by Gasteiger charge is -2.23. The van der Waals surface area contributed by atoms with Gasteiger partial charge in [0.1, 0.15) is 18.9 Å². The molecule has 5 nitrogen and oxygen atoms in total. The zero-order valence-corrected chi connectivity index (χ0v) is 18.4. The second kappa shape index (κ2) is 8.93. The highest BCUT2D eigenvalue weighted by Crippen LogP contribution is 2.30. The quantitative estimate of drug-likeness (QED) is 0.614. The summed E-state index contributed by atoms with van der Waals surface area (Å²) in [4.78, 5) is 31.4. The van der Waals surface area contributed by atoms with Gasteiger partial charge in [0.15, 0.2) is 0 Å². The van der Waals surface area contributed by atoms with E-state index in [1.807, 2.05) is 32.0 Å². The molecule has 3 aromatic rings. The van der Waals surface area contributed by atoms with Crippen LogP contribution in [0.1, 0.15) is 22.3 Å². The van der Waals surface area contributed by atoms with E-state index in [4.69, 9.17) is 11.6 Å². The molecular formula is C25H21ClFN3O2. The zero-order chi connectivity index (χ0) is 22.8. The minimum Gasteiger partial charge on any atom is -0.325 e. The molecule has 0 fully saturated rings. The van der Waals surface area contributed by atoms with Crippen LogP contribution in [0.25, 0.3) is 0 Å². The molecule has 1 heterocycles. The van der Waals surface area contributed by atoms with Crippen molar-refractivity contribution in [2.45, 2.75) is 13.8 Å². The van der Waals surface area contributed by atoms with Gasteiger partial charge in [0.25, 0.3) is 0 Å². The van der Waals surface area contributed by atoms with Crippen LogP contribution in [0.5, 0.6) is 0 Å². The largest absolute Gasteiger partial charge is 0.325 e.